The number of H-pyrrole nitrogens is 2. The van der Waals surface area contributed by atoms with E-state index in [4.69, 9.17) is 4.74 Å². The van der Waals surface area contributed by atoms with Crippen LogP contribution in [0, 0.1) is 0 Å². The Labute approximate surface area is 91.3 Å². The van der Waals surface area contributed by atoms with E-state index >= 15 is 0 Å². The van der Waals surface area contributed by atoms with Crippen molar-refractivity contribution in [2.24, 2.45) is 0 Å². The van der Waals surface area contributed by atoms with Gasteiger partial charge in [0.25, 0.3) is 5.56 Å². The molecular formula is C10H12N4O2. The minimum Gasteiger partial charge on any atom is -0.378 e. The molecule has 1 aliphatic heterocycles. The van der Waals surface area contributed by atoms with E-state index in [2.05, 4.69) is 15.0 Å². The molecule has 0 atom stereocenters. The molecule has 16 heavy (non-hydrogen) atoms. The van der Waals surface area contributed by atoms with E-state index in [1.807, 2.05) is 4.90 Å². The smallest absolute Gasteiger partial charge is 0.261 e. The van der Waals surface area contributed by atoms with Crippen molar-refractivity contribution in [1.82, 2.24) is 15.0 Å². The zero-order valence-electron chi connectivity index (χ0n) is 8.69. The fourth-order valence-electron chi connectivity index (χ4n) is 1.86. The third-order valence-corrected chi connectivity index (χ3v) is 2.72. The predicted octanol–water partition coefficient (Wildman–Crippen LogP) is 0.0878. The van der Waals surface area contributed by atoms with E-state index < -0.39 is 0 Å². The van der Waals surface area contributed by atoms with Crippen LogP contribution in [0.25, 0.3) is 11.0 Å². The molecule has 0 spiro atoms. The van der Waals surface area contributed by atoms with Gasteiger partial charge in [0.1, 0.15) is 5.65 Å². The summed E-state index contributed by atoms with van der Waals surface area (Å²) in [6, 6.07) is 1.73. The molecule has 1 fully saturated rings. The van der Waals surface area contributed by atoms with Gasteiger partial charge in [-0.05, 0) is 6.07 Å². The maximum atomic E-state index is 11.7. The molecule has 0 saturated carbocycles. The quantitative estimate of drug-likeness (QED) is 0.714. The highest BCUT2D eigenvalue weighted by atomic mass is 16.5. The Bertz CT molecular complexity index is 553. The van der Waals surface area contributed by atoms with E-state index in [0.29, 0.717) is 30.2 Å². The fourth-order valence-corrected chi connectivity index (χ4v) is 1.86. The summed E-state index contributed by atoms with van der Waals surface area (Å²) in [5.74, 6) is 0.614. The van der Waals surface area contributed by atoms with Crippen LogP contribution in [0.15, 0.2) is 17.1 Å². The van der Waals surface area contributed by atoms with E-state index in [1.54, 1.807) is 12.3 Å². The monoisotopic (exact) mass is 220 g/mol. The van der Waals surface area contributed by atoms with Gasteiger partial charge in [0.05, 0.1) is 18.6 Å². The van der Waals surface area contributed by atoms with Crippen LogP contribution in [-0.2, 0) is 4.74 Å². The standard InChI is InChI=1S/C10H12N4O2/c15-9-7-1-2-11-8(7)12-10(13-9)14-3-5-16-6-4-14/h1-2H,3-6H2,(H2,11,12,13,15). The second-order valence-corrected chi connectivity index (χ2v) is 3.73. The van der Waals surface area contributed by atoms with Gasteiger partial charge in [-0.15, -0.1) is 0 Å². The van der Waals surface area contributed by atoms with Crippen LogP contribution < -0.4 is 10.5 Å². The number of nitrogens with one attached hydrogen (secondary N) is 2. The van der Waals surface area contributed by atoms with Crippen molar-refractivity contribution < 1.29 is 4.74 Å². The first-order valence-corrected chi connectivity index (χ1v) is 5.25. The minimum absolute atomic E-state index is 0.104. The van der Waals surface area contributed by atoms with Gasteiger partial charge in [-0.1, -0.05) is 0 Å². The molecule has 3 rings (SSSR count). The molecule has 0 amide bonds. The number of ether oxygens (including phenoxy) is 1. The second kappa shape index (κ2) is 3.64. The number of hydrogen-bond acceptors (Lipinski definition) is 4. The van der Waals surface area contributed by atoms with Crippen molar-refractivity contribution in [1.29, 1.82) is 0 Å². The van der Waals surface area contributed by atoms with Gasteiger partial charge < -0.3 is 14.6 Å². The van der Waals surface area contributed by atoms with Crippen LogP contribution in [0.3, 0.4) is 0 Å². The molecule has 2 aromatic heterocycles. The number of aromatic nitrogens is 3. The third-order valence-electron chi connectivity index (χ3n) is 2.72. The number of morpholine rings is 1. The maximum absolute atomic E-state index is 11.7. The SMILES string of the molecule is O=c1[nH]c(N2CCOCC2)nc2[nH]ccc12. The molecule has 6 nitrogen and oxygen atoms in total. The first-order chi connectivity index (χ1) is 7.84. The van der Waals surface area contributed by atoms with Gasteiger partial charge in [0.15, 0.2) is 0 Å². The third kappa shape index (κ3) is 1.47. The Hall–Kier alpha value is -1.82. The van der Waals surface area contributed by atoms with Gasteiger partial charge >= 0.3 is 0 Å². The topological polar surface area (TPSA) is 74.0 Å². The first-order valence-electron chi connectivity index (χ1n) is 5.25. The normalized spacial score (nSPS) is 16.9. The predicted molar refractivity (Wildman–Crippen MR) is 59.7 cm³/mol. The molecule has 3 heterocycles. The summed E-state index contributed by atoms with van der Waals surface area (Å²) in [6.07, 6.45) is 1.72. The Morgan fingerprint density at radius 3 is 3.00 bits per heavy atom. The highest BCUT2D eigenvalue weighted by Crippen LogP contribution is 2.11. The van der Waals surface area contributed by atoms with Gasteiger partial charge in [0, 0.05) is 19.3 Å². The molecule has 0 bridgehead atoms. The molecule has 84 valence electrons. The van der Waals surface area contributed by atoms with Crippen molar-refractivity contribution in [3.05, 3.63) is 22.6 Å². The van der Waals surface area contributed by atoms with Gasteiger partial charge in [0.2, 0.25) is 5.95 Å². The number of fused-ring (bicyclic) bond motifs is 1. The lowest BCUT2D eigenvalue weighted by Crippen LogP contribution is -2.38. The summed E-state index contributed by atoms with van der Waals surface area (Å²) in [4.78, 5) is 23.9. The highest BCUT2D eigenvalue weighted by molar-refractivity contribution is 5.75. The van der Waals surface area contributed by atoms with Crippen LogP contribution in [-0.4, -0.2) is 41.3 Å². The number of nitrogens with zero attached hydrogens (tertiary/aromatic N) is 2. The van der Waals surface area contributed by atoms with Gasteiger partial charge in [-0.25, -0.2) is 0 Å². The molecule has 2 N–H and O–H groups in total. The Morgan fingerprint density at radius 2 is 2.19 bits per heavy atom. The number of rotatable bonds is 1. The largest absolute Gasteiger partial charge is 0.378 e. The molecule has 0 aromatic carbocycles. The molecule has 0 aliphatic carbocycles. The minimum atomic E-state index is -0.104. The summed E-state index contributed by atoms with van der Waals surface area (Å²) in [7, 11) is 0. The lowest BCUT2D eigenvalue weighted by molar-refractivity contribution is 0.122. The Kier molecular flexibility index (Phi) is 2.14. The lowest BCUT2D eigenvalue weighted by atomic mass is 10.4. The maximum Gasteiger partial charge on any atom is 0.261 e. The Balaban J connectivity index is 2.06. The number of aromatic amines is 2. The number of anilines is 1. The first kappa shape index (κ1) is 9.41. The zero-order valence-corrected chi connectivity index (χ0v) is 8.69. The van der Waals surface area contributed by atoms with Crippen LogP contribution in [0.1, 0.15) is 0 Å². The number of hydrogen-bond donors (Lipinski definition) is 2. The molecule has 0 radical (unpaired) electrons. The van der Waals surface area contributed by atoms with E-state index in [-0.39, 0.29) is 5.56 Å². The van der Waals surface area contributed by atoms with Gasteiger partial charge in [-0.3, -0.25) is 9.78 Å². The van der Waals surface area contributed by atoms with Crippen molar-refractivity contribution in [3.63, 3.8) is 0 Å². The summed E-state index contributed by atoms with van der Waals surface area (Å²) in [5.41, 5.74) is 0.526. The second-order valence-electron chi connectivity index (χ2n) is 3.73. The van der Waals surface area contributed by atoms with Crippen molar-refractivity contribution >= 4 is 17.0 Å². The van der Waals surface area contributed by atoms with Crippen molar-refractivity contribution in [2.75, 3.05) is 31.2 Å². The highest BCUT2D eigenvalue weighted by Gasteiger charge is 2.14. The molecule has 0 unspecified atom stereocenters. The van der Waals surface area contributed by atoms with Crippen LogP contribution in [0.5, 0.6) is 0 Å². The summed E-state index contributed by atoms with van der Waals surface area (Å²) < 4.78 is 5.25. The van der Waals surface area contributed by atoms with Crippen LogP contribution in [0.4, 0.5) is 5.95 Å². The average molecular weight is 220 g/mol. The van der Waals surface area contributed by atoms with Crippen molar-refractivity contribution in [3.8, 4) is 0 Å². The summed E-state index contributed by atoms with van der Waals surface area (Å²) >= 11 is 0. The summed E-state index contributed by atoms with van der Waals surface area (Å²) in [5, 5.41) is 0.594. The van der Waals surface area contributed by atoms with Crippen LogP contribution >= 0.6 is 0 Å². The zero-order chi connectivity index (χ0) is 11.0. The van der Waals surface area contributed by atoms with E-state index in [0.717, 1.165) is 13.1 Å². The molecule has 1 saturated heterocycles. The molecule has 1 aliphatic rings. The lowest BCUT2D eigenvalue weighted by Gasteiger charge is -2.26. The molecule has 6 heteroatoms. The van der Waals surface area contributed by atoms with E-state index in [9.17, 15) is 4.79 Å². The van der Waals surface area contributed by atoms with E-state index in [1.165, 1.54) is 0 Å². The van der Waals surface area contributed by atoms with Crippen LogP contribution in [0.2, 0.25) is 0 Å². The van der Waals surface area contributed by atoms with Gasteiger partial charge in [-0.2, -0.15) is 4.98 Å². The fraction of sp³-hybridized carbons (Fsp3) is 0.400. The Morgan fingerprint density at radius 1 is 1.38 bits per heavy atom. The average Bonchev–Trinajstić information content (AvgIpc) is 2.79. The van der Waals surface area contributed by atoms with Crippen molar-refractivity contribution in [2.45, 2.75) is 0 Å². The molecule has 2 aromatic rings. The summed E-state index contributed by atoms with van der Waals surface area (Å²) in [6.45, 7) is 2.86. The molecular weight excluding hydrogens is 208 g/mol.